The van der Waals surface area contributed by atoms with Gasteiger partial charge in [-0.15, -0.1) is 11.3 Å². The monoisotopic (exact) mass is 315 g/mol. The second kappa shape index (κ2) is 5.70. The fraction of sp³-hybridized carbons (Fsp3) is 0.375. The number of nitrogens with zero attached hydrogens (tertiary/aromatic N) is 3. The van der Waals surface area contributed by atoms with Gasteiger partial charge in [-0.05, 0) is 37.8 Å². The third kappa shape index (κ3) is 2.60. The van der Waals surface area contributed by atoms with Gasteiger partial charge in [-0.3, -0.25) is 4.90 Å². The lowest BCUT2D eigenvalue weighted by Gasteiger charge is -2.20. The molecule has 1 atom stereocenters. The molecule has 6 heteroatoms. The number of aryl methyl sites for hydroxylation is 1. The molecule has 0 aromatic carbocycles. The van der Waals surface area contributed by atoms with Crippen LogP contribution < -0.4 is 0 Å². The van der Waals surface area contributed by atoms with Crippen LogP contribution in [0.25, 0.3) is 10.8 Å². The van der Waals surface area contributed by atoms with Crippen molar-refractivity contribution in [1.29, 1.82) is 0 Å². The smallest absolute Gasteiger partial charge is 0.236 e. The summed E-state index contributed by atoms with van der Waals surface area (Å²) in [6.45, 7) is 3.78. The van der Waals surface area contributed by atoms with Crippen molar-refractivity contribution in [3.8, 4) is 10.8 Å². The van der Waals surface area contributed by atoms with Gasteiger partial charge < -0.3 is 8.94 Å². The van der Waals surface area contributed by atoms with Crippen LogP contribution in [-0.2, 0) is 6.54 Å². The van der Waals surface area contributed by atoms with Gasteiger partial charge in [0.25, 0.3) is 0 Å². The molecular weight excluding hydrogens is 298 g/mol. The summed E-state index contributed by atoms with van der Waals surface area (Å²) in [7, 11) is 0. The van der Waals surface area contributed by atoms with Crippen molar-refractivity contribution in [3.05, 3.63) is 47.0 Å². The maximum atomic E-state index is 5.60. The summed E-state index contributed by atoms with van der Waals surface area (Å²) < 4.78 is 11.0. The molecule has 0 amide bonds. The van der Waals surface area contributed by atoms with Crippen LogP contribution in [-0.4, -0.2) is 21.6 Å². The van der Waals surface area contributed by atoms with Crippen molar-refractivity contribution in [3.63, 3.8) is 0 Å². The molecule has 0 radical (unpaired) electrons. The van der Waals surface area contributed by atoms with Gasteiger partial charge >= 0.3 is 0 Å². The molecule has 4 heterocycles. The predicted octanol–water partition coefficient (Wildman–Crippen LogP) is 4.04. The van der Waals surface area contributed by atoms with Gasteiger partial charge in [0.1, 0.15) is 6.26 Å². The van der Waals surface area contributed by atoms with Crippen LogP contribution in [0.2, 0.25) is 0 Å². The lowest BCUT2D eigenvalue weighted by molar-refractivity contribution is 0.204. The Hall–Kier alpha value is -1.92. The minimum absolute atomic E-state index is 0.295. The molecule has 0 N–H and O–H groups in total. The Morgan fingerprint density at radius 3 is 3.18 bits per heavy atom. The first kappa shape index (κ1) is 13.7. The van der Waals surface area contributed by atoms with Gasteiger partial charge in [0.2, 0.25) is 5.89 Å². The Balaban J connectivity index is 1.50. The summed E-state index contributed by atoms with van der Waals surface area (Å²) in [5.74, 6) is 1.66. The number of rotatable bonds is 4. The van der Waals surface area contributed by atoms with E-state index in [0.29, 0.717) is 11.9 Å². The van der Waals surface area contributed by atoms with Crippen LogP contribution >= 0.6 is 11.3 Å². The minimum Gasteiger partial charge on any atom is -0.444 e. The Labute approximate surface area is 132 Å². The molecule has 1 aliphatic heterocycles. The summed E-state index contributed by atoms with van der Waals surface area (Å²) >= 11 is 1.64. The number of oxazole rings is 1. The third-order valence-corrected chi connectivity index (χ3v) is 4.84. The molecule has 0 aliphatic carbocycles. The average molecular weight is 315 g/mol. The second-order valence-electron chi connectivity index (χ2n) is 5.62. The highest BCUT2D eigenvalue weighted by atomic mass is 32.1. The largest absolute Gasteiger partial charge is 0.444 e. The van der Waals surface area contributed by atoms with Crippen molar-refractivity contribution in [2.24, 2.45) is 0 Å². The zero-order valence-corrected chi connectivity index (χ0v) is 13.2. The average Bonchev–Trinajstić information content (AvgIpc) is 3.26. The quantitative estimate of drug-likeness (QED) is 0.727. The standard InChI is InChI=1S/C16H17N3O2S/c1-11-8-14(21-18-11)13-4-2-6-19(13)9-12-10-20-16(17-12)15-5-3-7-22-15/h3,5,7-8,10,13H,2,4,6,9H2,1H3/t13-/m1/s1. The highest BCUT2D eigenvalue weighted by Crippen LogP contribution is 2.33. The highest BCUT2D eigenvalue weighted by molar-refractivity contribution is 7.13. The molecule has 22 heavy (non-hydrogen) atoms. The number of thiophene rings is 1. The van der Waals surface area contributed by atoms with Crippen LogP contribution in [0.4, 0.5) is 0 Å². The fourth-order valence-corrected chi connectivity index (χ4v) is 3.63. The lowest BCUT2D eigenvalue weighted by atomic mass is 10.1. The topological polar surface area (TPSA) is 55.3 Å². The number of aromatic nitrogens is 2. The van der Waals surface area contributed by atoms with Gasteiger partial charge in [-0.1, -0.05) is 11.2 Å². The summed E-state index contributed by atoms with van der Waals surface area (Å²) in [5, 5.41) is 6.04. The number of hydrogen-bond donors (Lipinski definition) is 0. The number of hydrogen-bond acceptors (Lipinski definition) is 6. The van der Waals surface area contributed by atoms with E-state index in [1.807, 2.05) is 30.5 Å². The van der Waals surface area contributed by atoms with E-state index in [4.69, 9.17) is 8.94 Å². The molecule has 0 unspecified atom stereocenters. The maximum absolute atomic E-state index is 5.60. The molecule has 114 valence electrons. The Morgan fingerprint density at radius 1 is 1.45 bits per heavy atom. The number of likely N-dealkylation sites (tertiary alicyclic amines) is 1. The molecule has 1 fully saturated rings. The van der Waals surface area contributed by atoms with Crippen LogP contribution in [0.15, 0.2) is 38.8 Å². The Bertz CT molecular complexity index is 747. The van der Waals surface area contributed by atoms with E-state index in [-0.39, 0.29) is 0 Å². The van der Waals surface area contributed by atoms with Crippen LogP contribution in [0.5, 0.6) is 0 Å². The molecule has 0 saturated carbocycles. The lowest BCUT2D eigenvalue weighted by Crippen LogP contribution is -2.22. The van der Waals surface area contributed by atoms with Crippen molar-refractivity contribution in [2.45, 2.75) is 32.4 Å². The van der Waals surface area contributed by atoms with E-state index in [0.717, 1.165) is 41.5 Å². The van der Waals surface area contributed by atoms with E-state index in [1.54, 1.807) is 17.6 Å². The van der Waals surface area contributed by atoms with Gasteiger partial charge in [-0.25, -0.2) is 4.98 Å². The first-order valence-corrected chi connectivity index (χ1v) is 8.33. The molecule has 5 nitrogen and oxygen atoms in total. The molecule has 3 aromatic rings. The van der Waals surface area contributed by atoms with Gasteiger partial charge in [-0.2, -0.15) is 0 Å². The molecule has 1 saturated heterocycles. The third-order valence-electron chi connectivity index (χ3n) is 3.99. The summed E-state index contributed by atoms with van der Waals surface area (Å²) in [6, 6.07) is 6.36. The van der Waals surface area contributed by atoms with E-state index in [9.17, 15) is 0 Å². The van der Waals surface area contributed by atoms with E-state index in [2.05, 4.69) is 15.0 Å². The normalized spacial score (nSPS) is 19.0. The summed E-state index contributed by atoms with van der Waals surface area (Å²) in [5.41, 5.74) is 1.90. The second-order valence-corrected chi connectivity index (χ2v) is 6.57. The molecular formula is C16H17N3O2S. The molecule has 3 aromatic heterocycles. The predicted molar refractivity (Wildman–Crippen MR) is 83.4 cm³/mol. The van der Waals surface area contributed by atoms with Gasteiger partial charge in [0.15, 0.2) is 5.76 Å². The minimum atomic E-state index is 0.295. The summed E-state index contributed by atoms with van der Waals surface area (Å²) in [4.78, 5) is 8.06. The van der Waals surface area contributed by atoms with E-state index < -0.39 is 0 Å². The molecule has 0 bridgehead atoms. The SMILES string of the molecule is Cc1cc([C@H]2CCCN2Cc2coc(-c3cccs3)n2)on1. The first-order chi connectivity index (χ1) is 10.8. The van der Waals surface area contributed by atoms with Crippen molar-refractivity contribution < 1.29 is 8.94 Å². The molecule has 0 spiro atoms. The zero-order valence-electron chi connectivity index (χ0n) is 12.4. The van der Waals surface area contributed by atoms with E-state index >= 15 is 0 Å². The van der Waals surface area contributed by atoms with Gasteiger partial charge in [0, 0.05) is 12.6 Å². The highest BCUT2D eigenvalue weighted by Gasteiger charge is 2.29. The van der Waals surface area contributed by atoms with Crippen molar-refractivity contribution in [2.75, 3.05) is 6.54 Å². The first-order valence-electron chi connectivity index (χ1n) is 7.45. The molecule has 1 aliphatic rings. The summed E-state index contributed by atoms with van der Waals surface area (Å²) in [6.07, 6.45) is 4.03. The van der Waals surface area contributed by atoms with Crippen LogP contribution in [0.1, 0.15) is 36.0 Å². The Kier molecular flexibility index (Phi) is 3.56. The van der Waals surface area contributed by atoms with Crippen LogP contribution in [0, 0.1) is 6.92 Å². The zero-order chi connectivity index (χ0) is 14.9. The maximum Gasteiger partial charge on any atom is 0.236 e. The fourth-order valence-electron chi connectivity index (χ4n) is 2.98. The Morgan fingerprint density at radius 2 is 2.41 bits per heavy atom. The van der Waals surface area contributed by atoms with Crippen molar-refractivity contribution in [1.82, 2.24) is 15.0 Å². The van der Waals surface area contributed by atoms with E-state index in [1.165, 1.54) is 6.42 Å². The van der Waals surface area contributed by atoms with Gasteiger partial charge in [0.05, 0.1) is 22.3 Å². The molecule has 4 rings (SSSR count). The van der Waals surface area contributed by atoms with Crippen molar-refractivity contribution >= 4 is 11.3 Å². The van der Waals surface area contributed by atoms with Crippen LogP contribution in [0.3, 0.4) is 0 Å².